The van der Waals surface area contributed by atoms with Crippen molar-refractivity contribution in [2.24, 2.45) is 7.05 Å². The number of aromatic nitrogens is 2. The fourth-order valence-electron chi connectivity index (χ4n) is 3.06. The van der Waals surface area contributed by atoms with Gasteiger partial charge in [-0.05, 0) is 35.9 Å². The van der Waals surface area contributed by atoms with Gasteiger partial charge in [0.1, 0.15) is 11.6 Å². The first-order valence-corrected chi connectivity index (χ1v) is 8.11. The summed E-state index contributed by atoms with van der Waals surface area (Å²) in [5.74, 6) is 1.76. The normalized spacial score (nSPS) is 16.0. The number of halogens is 1. The number of nitrogens with zero attached hydrogens (tertiary/aromatic N) is 2. The second-order valence-corrected chi connectivity index (χ2v) is 6.26. The quantitative estimate of drug-likeness (QED) is 0.774. The van der Waals surface area contributed by atoms with Gasteiger partial charge in [-0.25, -0.2) is 4.98 Å². The Kier molecular flexibility index (Phi) is 3.41. The predicted molar refractivity (Wildman–Crippen MR) is 96.8 cm³/mol. The number of methoxy groups -OCH3 is 1. The maximum absolute atomic E-state index is 8.35. The molecule has 0 saturated heterocycles. The highest BCUT2D eigenvalue weighted by molar-refractivity contribution is 6.31. The van der Waals surface area contributed by atoms with Crippen molar-refractivity contribution in [1.82, 2.24) is 9.55 Å². The lowest BCUT2D eigenvalue weighted by atomic mass is 10.0. The first kappa shape index (κ1) is 13.9. The average molecular weight is 341 g/mol. The number of benzene rings is 2. The summed E-state index contributed by atoms with van der Waals surface area (Å²) in [6, 6.07) is 13.7. The predicted octanol–water partition coefficient (Wildman–Crippen LogP) is 4.27. The molecule has 4 nitrogen and oxygen atoms in total. The lowest BCUT2D eigenvalue weighted by Crippen LogP contribution is -2.09. The van der Waals surface area contributed by atoms with Crippen LogP contribution in [0, 0.1) is 0 Å². The summed E-state index contributed by atoms with van der Waals surface area (Å²) in [4.78, 5) is 4.74. The third kappa shape index (κ3) is 2.53. The highest BCUT2D eigenvalue weighted by Gasteiger charge is 2.22. The van der Waals surface area contributed by atoms with E-state index in [4.69, 9.17) is 22.7 Å². The van der Waals surface area contributed by atoms with Gasteiger partial charge in [0.05, 0.1) is 26.4 Å². The lowest BCUT2D eigenvalue weighted by molar-refractivity contribution is 0.414. The Balaban J connectivity index is 1.75. The molecule has 4 rings (SSSR count). The van der Waals surface area contributed by atoms with Crippen LogP contribution in [0.5, 0.6) is 5.75 Å². The zero-order chi connectivity index (χ0) is 17.6. The van der Waals surface area contributed by atoms with E-state index in [1.165, 1.54) is 0 Å². The molecular weight excluding hydrogens is 322 g/mol. The molecule has 5 heteroatoms. The summed E-state index contributed by atoms with van der Waals surface area (Å²) in [5, 5.41) is 3.82. The van der Waals surface area contributed by atoms with Crippen LogP contribution >= 0.6 is 11.6 Å². The van der Waals surface area contributed by atoms with Gasteiger partial charge in [0.15, 0.2) is 0 Å². The van der Waals surface area contributed by atoms with E-state index >= 15 is 0 Å². The van der Waals surface area contributed by atoms with Crippen LogP contribution in [0.2, 0.25) is 5.02 Å². The molecule has 0 amide bonds. The summed E-state index contributed by atoms with van der Waals surface area (Å²) in [6.07, 6.45) is 0.698. The van der Waals surface area contributed by atoms with Crippen molar-refractivity contribution < 1.29 is 6.11 Å². The minimum atomic E-state index is -0.600. The molecule has 1 N–H and O–H groups in total. The van der Waals surface area contributed by atoms with Crippen molar-refractivity contribution in [3.8, 4) is 17.0 Å². The molecular formula is C19H18ClN3O. The van der Waals surface area contributed by atoms with E-state index in [-0.39, 0.29) is 0 Å². The molecule has 1 unspecified atom stereocenters. The van der Waals surface area contributed by atoms with Crippen LogP contribution in [-0.2, 0) is 20.0 Å². The second-order valence-electron chi connectivity index (χ2n) is 5.82. The number of anilines is 1. The minimum Gasteiger partial charge on any atom is -0.497 e. The summed E-state index contributed by atoms with van der Waals surface area (Å²) >= 11 is 6.09. The number of nitrogens with one attached hydrogen (secondary N) is 1. The van der Waals surface area contributed by atoms with Crippen LogP contribution in [0.1, 0.15) is 18.5 Å². The van der Waals surface area contributed by atoms with Crippen LogP contribution in [0.15, 0.2) is 42.5 Å². The fraction of sp³-hybridized carbons (Fsp3) is 0.211. The second kappa shape index (κ2) is 5.87. The zero-order valence-corrected chi connectivity index (χ0v) is 14.3. The van der Waals surface area contributed by atoms with E-state index in [0.29, 0.717) is 11.4 Å². The maximum Gasteiger partial charge on any atom is 0.118 e. The molecule has 0 fully saturated rings. The van der Waals surface area contributed by atoms with Crippen molar-refractivity contribution in [2.45, 2.75) is 12.9 Å². The summed E-state index contributed by atoms with van der Waals surface area (Å²) in [7, 11) is 3.66. The van der Waals surface area contributed by atoms with Gasteiger partial charge in [0, 0.05) is 29.7 Å². The van der Waals surface area contributed by atoms with Crippen LogP contribution in [0.4, 0.5) is 5.69 Å². The SMILES string of the molecule is [2H]C1Nc2cc(Cl)ccc2-c2c1nc(Cc1ccc(OC)cc1)n2C. The average Bonchev–Trinajstić information content (AvgIpc) is 2.93. The van der Waals surface area contributed by atoms with Crippen molar-refractivity contribution in [3.05, 3.63) is 64.6 Å². The summed E-state index contributed by atoms with van der Waals surface area (Å²) < 4.78 is 15.6. The van der Waals surface area contributed by atoms with Crippen LogP contribution < -0.4 is 10.1 Å². The monoisotopic (exact) mass is 340 g/mol. The molecule has 0 radical (unpaired) electrons. The Hall–Kier alpha value is -2.46. The van der Waals surface area contributed by atoms with Gasteiger partial charge in [-0.1, -0.05) is 23.7 Å². The molecule has 1 aromatic heterocycles. The summed E-state index contributed by atoms with van der Waals surface area (Å²) in [6.45, 7) is -0.600. The van der Waals surface area contributed by atoms with Gasteiger partial charge in [-0.2, -0.15) is 0 Å². The molecule has 0 aliphatic carbocycles. The topological polar surface area (TPSA) is 39.1 Å². The first-order chi connectivity index (χ1) is 12.1. The highest BCUT2D eigenvalue weighted by Crippen LogP contribution is 2.37. The van der Waals surface area contributed by atoms with E-state index in [0.717, 1.165) is 39.8 Å². The third-order valence-corrected chi connectivity index (χ3v) is 4.57. The van der Waals surface area contributed by atoms with E-state index < -0.39 is 6.52 Å². The molecule has 1 aliphatic rings. The molecule has 24 heavy (non-hydrogen) atoms. The summed E-state index contributed by atoms with van der Waals surface area (Å²) in [5.41, 5.74) is 4.78. The van der Waals surface area contributed by atoms with Crippen LogP contribution in [-0.4, -0.2) is 16.7 Å². The Labute approximate surface area is 147 Å². The number of rotatable bonds is 3. The van der Waals surface area contributed by atoms with Crippen molar-refractivity contribution in [1.29, 1.82) is 0 Å². The highest BCUT2D eigenvalue weighted by atomic mass is 35.5. The van der Waals surface area contributed by atoms with Crippen LogP contribution in [0.25, 0.3) is 11.3 Å². The Morgan fingerprint density at radius 2 is 2.08 bits per heavy atom. The van der Waals surface area contributed by atoms with Gasteiger partial charge in [0.25, 0.3) is 0 Å². The van der Waals surface area contributed by atoms with Gasteiger partial charge < -0.3 is 14.6 Å². The number of hydrogen-bond donors (Lipinski definition) is 1. The standard InChI is InChI=1S/C19H18ClN3O/c1-23-18(9-12-3-6-14(24-2)7-4-12)22-17-11-21-16-10-13(20)5-8-15(16)19(17)23/h3-8,10,21H,9,11H2,1-2H3/i11D. The van der Waals surface area contributed by atoms with Gasteiger partial charge in [0.2, 0.25) is 0 Å². The molecule has 0 spiro atoms. The van der Waals surface area contributed by atoms with E-state index in [1.54, 1.807) is 7.11 Å². The largest absolute Gasteiger partial charge is 0.497 e. The molecule has 0 saturated carbocycles. The lowest BCUT2D eigenvalue weighted by Gasteiger charge is -2.19. The van der Waals surface area contributed by atoms with Gasteiger partial charge >= 0.3 is 0 Å². The van der Waals surface area contributed by atoms with Crippen LogP contribution in [0.3, 0.4) is 0 Å². The number of imidazole rings is 1. The van der Waals surface area contributed by atoms with E-state index in [1.807, 2.05) is 49.5 Å². The van der Waals surface area contributed by atoms with Crippen molar-refractivity contribution in [3.63, 3.8) is 0 Å². The van der Waals surface area contributed by atoms with Crippen molar-refractivity contribution in [2.75, 3.05) is 12.4 Å². The molecule has 2 aromatic carbocycles. The molecule has 0 bridgehead atoms. The smallest absolute Gasteiger partial charge is 0.118 e. The fourth-order valence-corrected chi connectivity index (χ4v) is 3.23. The number of ether oxygens (including phenoxy) is 1. The van der Waals surface area contributed by atoms with E-state index in [2.05, 4.69) is 9.88 Å². The Morgan fingerprint density at radius 3 is 2.83 bits per heavy atom. The Bertz CT molecular complexity index is 937. The number of fused-ring (bicyclic) bond motifs is 3. The molecule has 2 heterocycles. The number of hydrogen-bond acceptors (Lipinski definition) is 3. The van der Waals surface area contributed by atoms with Gasteiger partial charge in [-0.3, -0.25) is 0 Å². The Morgan fingerprint density at radius 1 is 1.29 bits per heavy atom. The van der Waals surface area contributed by atoms with Crippen molar-refractivity contribution >= 4 is 17.3 Å². The molecule has 1 aliphatic heterocycles. The molecule has 122 valence electrons. The van der Waals surface area contributed by atoms with E-state index in [9.17, 15) is 0 Å². The van der Waals surface area contributed by atoms with Gasteiger partial charge in [-0.15, -0.1) is 0 Å². The molecule has 3 aromatic rings. The minimum absolute atomic E-state index is 0.600. The third-order valence-electron chi connectivity index (χ3n) is 4.34. The zero-order valence-electron chi connectivity index (χ0n) is 14.5. The maximum atomic E-state index is 8.35. The first-order valence-electron chi connectivity index (χ1n) is 8.31. The molecule has 1 atom stereocenters.